The van der Waals surface area contributed by atoms with Gasteiger partial charge < -0.3 is 26.5 Å². The molecule has 37 heavy (non-hydrogen) atoms. The monoisotopic (exact) mass is 503 g/mol. The van der Waals surface area contributed by atoms with E-state index in [4.69, 9.17) is 16.3 Å². The first kappa shape index (κ1) is 25.4. The normalized spacial score (nSPS) is 14.8. The topological polar surface area (TPSA) is 158 Å². The molecule has 1 atom stereocenters. The SMILES string of the molecule is COc1ccnc(NC(=O)c2ccc(-c3nc([C@@H]4CCCN4C(=O)C=C(C)C)n(N)c3C(N)=O)cc2)c1. The second-order valence-electron chi connectivity index (χ2n) is 8.93. The van der Waals surface area contributed by atoms with Gasteiger partial charge in [0.15, 0.2) is 11.5 Å². The van der Waals surface area contributed by atoms with Gasteiger partial charge in [-0.15, -0.1) is 0 Å². The first-order valence-corrected chi connectivity index (χ1v) is 11.7. The van der Waals surface area contributed by atoms with Gasteiger partial charge in [-0.05, 0) is 44.9 Å². The number of amides is 3. The van der Waals surface area contributed by atoms with Crippen molar-refractivity contribution in [2.75, 3.05) is 24.8 Å². The van der Waals surface area contributed by atoms with Crippen LogP contribution in [0.25, 0.3) is 11.3 Å². The van der Waals surface area contributed by atoms with Gasteiger partial charge in [-0.25, -0.2) is 14.6 Å². The predicted octanol–water partition coefficient (Wildman–Crippen LogP) is 2.65. The number of rotatable bonds is 7. The average Bonchev–Trinajstić information content (AvgIpc) is 3.48. The number of ether oxygens (including phenoxy) is 1. The number of imidazole rings is 1. The fourth-order valence-electron chi connectivity index (χ4n) is 4.32. The molecule has 0 radical (unpaired) electrons. The van der Waals surface area contributed by atoms with Crippen molar-refractivity contribution < 1.29 is 19.1 Å². The molecule has 5 N–H and O–H groups in total. The Labute approximate surface area is 214 Å². The van der Waals surface area contributed by atoms with Crippen molar-refractivity contribution in [3.63, 3.8) is 0 Å². The number of benzene rings is 1. The third kappa shape index (κ3) is 5.30. The van der Waals surface area contributed by atoms with Crippen molar-refractivity contribution in [2.24, 2.45) is 5.73 Å². The maximum absolute atomic E-state index is 12.7. The third-order valence-electron chi connectivity index (χ3n) is 6.05. The van der Waals surface area contributed by atoms with E-state index in [1.807, 2.05) is 13.8 Å². The first-order chi connectivity index (χ1) is 17.7. The Bertz CT molecular complexity index is 1370. The minimum atomic E-state index is -0.748. The number of carbonyl (C=O) groups excluding carboxylic acids is 3. The van der Waals surface area contributed by atoms with E-state index >= 15 is 0 Å². The number of nitrogens with zero attached hydrogens (tertiary/aromatic N) is 4. The zero-order chi connectivity index (χ0) is 26.7. The molecule has 1 aromatic carbocycles. The van der Waals surface area contributed by atoms with Crippen LogP contribution in [0.4, 0.5) is 5.82 Å². The summed E-state index contributed by atoms with van der Waals surface area (Å²) in [5.74, 6) is 6.34. The largest absolute Gasteiger partial charge is 0.497 e. The van der Waals surface area contributed by atoms with Crippen LogP contribution in [0.1, 0.15) is 59.4 Å². The number of primary amides is 1. The molecule has 3 aromatic rings. The van der Waals surface area contributed by atoms with Crippen LogP contribution in [0.5, 0.6) is 5.75 Å². The molecule has 11 heteroatoms. The van der Waals surface area contributed by atoms with Gasteiger partial charge in [-0.3, -0.25) is 14.4 Å². The van der Waals surface area contributed by atoms with Crippen molar-refractivity contribution in [2.45, 2.75) is 32.7 Å². The van der Waals surface area contributed by atoms with Gasteiger partial charge in [0, 0.05) is 36.0 Å². The van der Waals surface area contributed by atoms with Crippen molar-refractivity contribution in [1.29, 1.82) is 0 Å². The van der Waals surface area contributed by atoms with E-state index in [0.717, 1.165) is 12.0 Å². The number of nitrogens with one attached hydrogen (secondary N) is 1. The number of aromatic nitrogens is 3. The number of allylic oxidation sites excluding steroid dienone is 1. The number of pyridine rings is 1. The lowest BCUT2D eigenvalue weighted by Gasteiger charge is -2.23. The molecular weight excluding hydrogens is 474 g/mol. The summed E-state index contributed by atoms with van der Waals surface area (Å²) in [5, 5.41) is 2.71. The summed E-state index contributed by atoms with van der Waals surface area (Å²) in [6.45, 7) is 4.27. The summed E-state index contributed by atoms with van der Waals surface area (Å²) in [6, 6.07) is 9.42. The van der Waals surface area contributed by atoms with Crippen LogP contribution in [-0.4, -0.2) is 50.9 Å². The summed E-state index contributed by atoms with van der Waals surface area (Å²) in [4.78, 5) is 48.3. The summed E-state index contributed by atoms with van der Waals surface area (Å²) in [7, 11) is 1.53. The Kier molecular flexibility index (Phi) is 7.23. The van der Waals surface area contributed by atoms with Crippen LogP contribution in [0.3, 0.4) is 0 Å². The fourth-order valence-corrected chi connectivity index (χ4v) is 4.32. The molecule has 0 unspecified atom stereocenters. The molecule has 0 aliphatic carbocycles. The van der Waals surface area contributed by atoms with E-state index in [9.17, 15) is 14.4 Å². The number of methoxy groups -OCH3 is 1. The Morgan fingerprint density at radius 3 is 2.54 bits per heavy atom. The Morgan fingerprint density at radius 1 is 1.16 bits per heavy atom. The van der Waals surface area contributed by atoms with Gasteiger partial charge in [0.05, 0.1) is 13.2 Å². The van der Waals surface area contributed by atoms with Gasteiger partial charge in [0.2, 0.25) is 5.91 Å². The van der Waals surface area contributed by atoms with E-state index in [0.29, 0.717) is 41.5 Å². The second kappa shape index (κ2) is 10.5. The molecule has 3 heterocycles. The number of anilines is 1. The van der Waals surface area contributed by atoms with E-state index in [1.165, 1.54) is 18.0 Å². The van der Waals surface area contributed by atoms with Gasteiger partial charge in [-0.1, -0.05) is 17.7 Å². The standard InChI is InChI=1S/C26H29N7O4/c1-15(2)13-21(34)32-12-4-5-19(32)25-31-22(23(24(27)35)33(25)28)16-6-8-17(9-7-16)26(36)30-20-14-18(37-3)10-11-29-20/h6-11,13-14,19H,4-5,12,28H2,1-3H3,(H2,27,35)(H,29,30,36)/t19-/m0/s1. The van der Waals surface area contributed by atoms with Crippen molar-refractivity contribution in [3.05, 3.63) is 71.3 Å². The molecule has 1 saturated heterocycles. The average molecular weight is 504 g/mol. The zero-order valence-electron chi connectivity index (χ0n) is 20.9. The summed E-state index contributed by atoms with van der Waals surface area (Å²) in [6.07, 6.45) is 4.55. The molecule has 11 nitrogen and oxygen atoms in total. The summed E-state index contributed by atoms with van der Waals surface area (Å²) in [5.41, 5.74) is 7.78. The van der Waals surface area contributed by atoms with Crippen molar-refractivity contribution in [3.8, 4) is 17.0 Å². The van der Waals surface area contributed by atoms with E-state index in [2.05, 4.69) is 15.3 Å². The Hall–Kier alpha value is -4.67. The molecule has 0 saturated carbocycles. The minimum absolute atomic E-state index is 0.0225. The number of hydrogen-bond donors (Lipinski definition) is 3. The van der Waals surface area contributed by atoms with Gasteiger partial charge in [0.25, 0.3) is 11.8 Å². The lowest BCUT2D eigenvalue weighted by Crippen LogP contribution is -2.33. The van der Waals surface area contributed by atoms with Crippen molar-refractivity contribution >= 4 is 23.5 Å². The number of hydrogen-bond acceptors (Lipinski definition) is 7. The fraction of sp³-hybridized carbons (Fsp3) is 0.269. The number of nitrogens with two attached hydrogens (primary N) is 2. The van der Waals surface area contributed by atoms with Crippen LogP contribution in [0.15, 0.2) is 54.2 Å². The molecule has 3 amide bonds. The summed E-state index contributed by atoms with van der Waals surface area (Å²) < 4.78 is 6.32. The maximum Gasteiger partial charge on any atom is 0.269 e. The lowest BCUT2D eigenvalue weighted by atomic mass is 10.1. The molecule has 192 valence electrons. The molecule has 1 aliphatic rings. The molecule has 1 aliphatic heterocycles. The molecular formula is C26H29N7O4. The Morgan fingerprint density at radius 2 is 1.89 bits per heavy atom. The second-order valence-corrected chi connectivity index (χ2v) is 8.93. The van der Waals surface area contributed by atoms with Crippen molar-refractivity contribution in [1.82, 2.24) is 19.5 Å². The highest BCUT2D eigenvalue weighted by Crippen LogP contribution is 2.34. The third-order valence-corrected chi connectivity index (χ3v) is 6.05. The quantitative estimate of drug-likeness (QED) is 0.330. The minimum Gasteiger partial charge on any atom is -0.497 e. The van der Waals surface area contributed by atoms with Gasteiger partial charge >= 0.3 is 0 Å². The lowest BCUT2D eigenvalue weighted by molar-refractivity contribution is -0.127. The molecule has 2 aromatic heterocycles. The molecule has 0 bridgehead atoms. The smallest absolute Gasteiger partial charge is 0.269 e. The zero-order valence-corrected chi connectivity index (χ0v) is 20.9. The number of likely N-dealkylation sites (tertiary alicyclic amines) is 1. The molecule has 0 spiro atoms. The highest BCUT2D eigenvalue weighted by molar-refractivity contribution is 6.04. The van der Waals surface area contributed by atoms with Gasteiger partial charge in [0.1, 0.15) is 17.3 Å². The highest BCUT2D eigenvalue weighted by Gasteiger charge is 2.35. The Balaban J connectivity index is 1.62. The first-order valence-electron chi connectivity index (χ1n) is 11.7. The van der Waals surface area contributed by atoms with Crippen LogP contribution < -0.4 is 21.6 Å². The predicted molar refractivity (Wildman–Crippen MR) is 138 cm³/mol. The van der Waals surface area contributed by atoms with E-state index in [-0.39, 0.29) is 29.2 Å². The highest BCUT2D eigenvalue weighted by atomic mass is 16.5. The number of nitrogen functional groups attached to an aromatic ring is 1. The van der Waals surface area contributed by atoms with E-state index < -0.39 is 5.91 Å². The van der Waals surface area contributed by atoms with Crippen LogP contribution in [-0.2, 0) is 4.79 Å². The molecule has 1 fully saturated rings. The van der Waals surface area contributed by atoms with Gasteiger partial charge in [-0.2, -0.15) is 0 Å². The van der Waals surface area contributed by atoms with Crippen LogP contribution in [0, 0.1) is 0 Å². The summed E-state index contributed by atoms with van der Waals surface area (Å²) >= 11 is 0. The number of carbonyl (C=O) groups is 3. The van der Waals surface area contributed by atoms with Crippen LogP contribution >= 0.6 is 0 Å². The maximum atomic E-state index is 12.7. The van der Waals surface area contributed by atoms with E-state index in [1.54, 1.807) is 47.4 Å². The molecule has 4 rings (SSSR count). The van der Waals surface area contributed by atoms with Crippen LogP contribution in [0.2, 0.25) is 0 Å².